The number of amides is 1. The summed E-state index contributed by atoms with van der Waals surface area (Å²) in [7, 11) is 1.73. The fourth-order valence-corrected chi connectivity index (χ4v) is 1.77. The molecule has 1 atom stereocenters. The second-order valence-electron chi connectivity index (χ2n) is 4.49. The highest BCUT2D eigenvalue weighted by Crippen LogP contribution is 2.35. The van der Waals surface area contributed by atoms with Gasteiger partial charge < -0.3 is 5.32 Å². The van der Waals surface area contributed by atoms with Crippen molar-refractivity contribution in [3.63, 3.8) is 0 Å². The summed E-state index contributed by atoms with van der Waals surface area (Å²) in [6.07, 6.45) is 5.09. The Bertz CT molecular complexity index is 173. The minimum absolute atomic E-state index is 0.218. The van der Waals surface area contributed by atoms with Crippen LogP contribution >= 0.6 is 0 Å². The molecule has 1 amide bonds. The van der Waals surface area contributed by atoms with Crippen LogP contribution in [0.4, 0.5) is 0 Å². The Morgan fingerprint density at radius 2 is 2.08 bits per heavy atom. The van der Waals surface area contributed by atoms with Gasteiger partial charge in [0.1, 0.15) is 0 Å². The van der Waals surface area contributed by atoms with E-state index in [1.54, 1.807) is 7.05 Å². The van der Waals surface area contributed by atoms with Crippen molar-refractivity contribution in [2.24, 2.45) is 17.8 Å². The van der Waals surface area contributed by atoms with Crippen molar-refractivity contribution in [2.45, 2.75) is 39.5 Å². The third-order valence-electron chi connectivity index (χ3n) is 2.97. The van der Waals surface area contributed by atoms with Crippen molar-refractivity contribution in [3.8, 4) is 0 Å². The first kappa shape index (κ1) is 10.6. The molecule has 0 spiro atoms. The fourth-order valence-electron chi connectivity index (χ4n) is 1.77. The monoisotopic (exact) mass is 183 g/mol. The third kappa shape index (κ3) is 3.37. The maximum Gasteiger partial charge on any atom is 0.223 e. The zero-order valence-corrected chi connectivity index (χ0v) is 8.97. The molecule has 0 aromatic rings. The molecule has 1 saturated carbocycles. The maximum atomic E-state index is 11.5. The lowest BCUT2D eigenvalue weighted by Crippen LogP contribution is -2.30. The minimum Gasteiger partial charge on any atom is -0.359 e. The summed E-state index contributed by atoms with van der Waals surface area (Å²) in [6.45, 7) is 4.26. The van der Waals surface area contributed by atoms with Gasteiger partial charge in [-0.3, -0.25) is 4.79 Å². The summed E-state index contributed by atoms with van der Waals surface area (Å²) in [5.41, 5.74) is 0. The number of carbonyl (C=O) groups is 1. The first-order valence-corrected chi connectivity index (χ1v) is 5.36. The Morgan fingerprint density at radius 1 is 1.46 bits per heavy atom. The molecule has 0 heterocycles. The lowest BCUT2D eigenvalue weighted by molar-refractivity contribution is -0.126. The van der Waals surface area contributed by atoms with E-state index in [1.807, 2.05) is 0 Å². The van der Waals surface area contributed by atoms with Gasteiger partial charge in [0, 0.05) is 13.0 Å². The summed E-state index contributed by atoms with van der Waals surface area (Å²) in [4.78, 5) is 11.5. The van der Waals surface area contributed by atoms with E-state index in [-0.39, 0.29) is 11.8 Å². The van der Waals surface area contributed by atoms with Gasteiger partial charge in [0.2, 0.25) is 5.91 Å². The highest BCUT2D eigenvalue weighted by atomic mass is 16.1. The molecule has 76 valence electrons. The normalized spacial score (nSPS) is 18.8. The van der Waals surface area contributed by atoms with E-state index in [2.05, 4.69) is 19.2 Å². The standard InChI is InChI=1S/C11H21NO/c1-8(2)10(11(13)12-3)7-6-9-4-5-9/h8-10H,4-7H2,1-3H3,(H,12,13). The lowest BCUT2D eigenvalue weighted by Gasteiger charge is -2.18. The average molecular weight is 183 g/mol. The van der Waals surface area contributed by atoms with E-state index in [4.69, 9.17) is 0 Å². The Kier molecular flexibility index (Phi) is 3.76. The van der Waals surface area contributed by atoms with E-state index in [9.17, 15) is 4.79 Å². The van der Waals surface area contributed by atoms with Crippen LogP contribution in [0.1, 0.15) is 39.5 Å². The number of hydrogen-bond donors (Lipinski definition) is 1. The van der Waals surface area contributed by atoms with Crippen molar-refractivity contribution >= 4 is 5.91 Å². The van der Waals surface area contributed by atoms with E-state index >= 15 is 0 Å². The number of carbonyl (C=O) groups excluding carboxylic acids is 1. The van der Waals surface area contributed by atoms with Gasteiger partial charge in [0.05, 0.1) is 0 Å². The number of hydrogen-bond acceptors (Lipinski definition) is 1. The van der Waals surface area contributed by atoms with E-state index in [0.29, 0.717) is 5.92 Å². The molecule has 1 aliphatic rings. The Hall–Kier alpha value is -0.530. The van der Waals surface area contributed by atoms with Crippen LogP contribution in [0.2, 0.25) is 0 Å². The van der Waals surface area contributed by atoms with Crippen LogP contribution in [0.5, 0.6) is 0 Å². The van der Waals surface area contributed by atoms with Crippen LogP contribution in [0.25, 0.3) is 0 Å². The van der Waals surface area contributed by atoms with Crippen LogP contribution in [0, 0.1) is 17.8 Å². The maximum absolute atomic E-state index is 11.5. The Morgan fingerprint density at radius 3 is 2.46 bits per heavy atom. The predicted octanol–water partition coefficient (Wildman–Crippen LogP) is 2.19. The van der Waals surface area contributed by atoms with Gasteiger partial charge in [-0.2, -0.15) is 0 Å². The van der Waals surface area contributed by atoms with Crippen LogP contribution in [-0.4, -0.2) is 13.0 Å². The van der Waals surface area contributed by atoms with Gasteiger partial charge in [-0.05, 0) is 24.7 Å². The van der Waals surface area contributed by atoms with Gasteiger partial charge in [0.25, 0.3) is 0 Å². The second kappa shape index (κ2) is 4.64. The van der Waals surface area contributed by atoms with Crippen LogP contribution in [0.3, 0.4) is 0 Å². The largest absolute Gasteiger partial charge is 0.359 e. The molecule has 2 heteroatoms. The van der Waals surface area contributed by atoms with Crippen LogP contribution in [0.15, 0.2) is 0 Å². The van der Waals surface area contributed by atoms with E-state index < -0.39 is 0 Å². The van der Waals surface area contributed by atoms with E-state index in [1.165, 1.54) is 19.3 Å². The quantitative estimate of drug-likeness (QED) is 0.695. The van der Waals surface area contributed by atoms with Crippen LogP contribution < -0.4 is 5.32 Å². The molecule has 13 heavy (non-hydrogen) atoms. The van der Waals surface area contributed by atoms with E-state index in [0.717, 1.165) is 12.3 Å². The molecule has 1 unspecified atom stereocenters. The van der Waals surface area contributed by atoms with Gasteiger partial charge in [-0.15, -0.1) is 0 Å². The molecule has 1 N–H and O–H groups in total. The molecule has 0 radical (unpaired) electrons. The van der Waals surface area contributed by atoms with Gasteiger partial charge in [-0.1, -0.05) is 26.7 Å². The molecule has 1 rings (SSSR count). The average Bonchev–Trinajstić information content (AvgIpc) is 2.87. The van der Waals surface area contributed by atoms with Crippen molar-refractivity contribution in [2.75, 3.05) is 7.05 Å². The summed E-state index contributed by atoms with van der Waals surface area (Å²) in [5.74, 6) is 1.85. The molecule has 0 bridgehead atoms. The number of nitrogens with one attached hydrogen (secondary N) is 1. The lowest BCUT2D eigenvalue weighted by atomic mass is 9.89. The molecule has 0 aromatic heterocycles. The SMILES string of the molecule is CNC(=O)C(CCC1CC1)C(C)C. The minimum atomic E-state index is 0.218. The van der Waals surface area contributed by atoms with Crippen LogP contribution in [-0.2, 0) is 4.79 Å². The molecular formula is C11H21NO. The highest BCUT2D eigenvalue weighted by molar-refractivity contribution is 5.78. The summed E-state index contributed by atoms with van der Waals surface area (Å²) in [6, 6.07) is 0. The van der Waals surface area contributed by atoms with Crippen molar-refractivity contribution in [3.05, 3.63) is 0 Å². The van der Waals surface area contributed by atoms with Crippen molar-refractivity contribution in [1.29, 1.82) is 0 Å². The number of rotatable bonds is 5. The highest BCUT2D eigenvalue weighted by Gasteiger charge is 2.26. The zero-order chi connectivity index (χ0) is 9.84. The zero-order valence-electron chi connectivity index (χ0n) is 8.97. The predicted molar refractivity (Wildman–Crippen MR) is 54.4 cm³/mol. The fraction of sp³-hybridized carbons (Fsp3) is 0.909. The first-order chi connectivity index (χ1) is 6.15. The molecule has 1 aliphatic carbocycles. The Labute approximate surface area is 81.1 Å². The topological polar surface area (TPSA) is 29.1 Å². The van der Waals surface area contributed by atoms with Gasteiger partial charge >= 0.3 is 0 Å². The smallest absolute Gasteiger partial charge is 0.223 e. The Balaban J connectivity index is 2.31. The molecule has 0 aliphatic heterocycles. The first-order valence-electron chi connectivity index (χ1n) is 5.36. The van der Waals surface area contributed by atoms with Gasteiger partial charge in [-0.25, -0.2) is 0 Å². The van der Waals surface area contributed by atoms with Gasteiger partial charge in [0.15, 0.2) is 0 Å². The van der Waals surface area contributed by atoms with Crippen molar-refractivity contribution < 1.29 is 4.79 Å². The molecule has 0 aromatic carbocycles. The molecule has 1 fully saturated rings. The molecule has 0 saturated heterocycles. The molecule has 2 nitrogen and oxygen atoms in total. The summed E-state index contributed by atoms with van der Waals surface area (Å²) in [5, 5.41) is 2.75. The van der Waals surface area contributed by atoms with Crippen molar-refractivity contribution in [1.82, 2.24) is 5.32 Å². The second-order valence-corrected chi connectivity index (χ2v) is 4.49. The third-order valence-corrected chi connectivity index (χ3v) is 2.97. The molecular weight excluding hydrogens is 162 g/mol. The summed E-state index contributed by atoms with van der Waals surface area (Å²) < 4.78 is 0. The summed E-state index contributed by atoms with van der Waals surface area (Å²) >= 11 is 0.